The van der Waals surface area contributed by atoms with E-state index >= 15 is 0 Å². The Hall–Kier alpha value is -1.73. The van der Waals surface area contributed by atoms with Crippen molar-refractivity contribution in [3.8, 4) is 0 Å². The third-order valence-corrected chi connectivity index (χ3v) is 3.38. The number of anilines is 1. The summed E-state index contributed by atoms with van der Waals surface area (Å²) in [7, 11) is 3.42. The molecule has 0 aromatic carbocycles. The van der Waals surface area contributed by atoms with E-state index in [-0.39, 0.29) is 24.2 Å². The molecule has 0 unspecified atom stereocenters. The van der Waals surface area contributed by atoms with Gasteiger partial charge in [-0.2, -0.15) is 0 Å². The summed E-state index contributed by atoms with van der Waals surface area (Å²) in [6, 6.07) is 0. The lowest BCUT2D eigenvalue weighted by Gasteiger charge is -2.43. The average molecular weight is 308 g/mol. The molecular formula is C15H24N4O3. The van der Waals surface area contributed by atoms with Crippen LogP contribution in [0.15, 0.2) is 18.6 Å². The van der Waals surface area contributed by atoms with Gasteiger partial charge in [-0.15, -0.1) is 0 Å². The minimum absolute atomic E-state index is 0.0548. The van der Waals surface area contributed by atoms with Crippen molar-refractivity contribution in [2.24, 2.45) is 0 Å². The van der Waals surface area contributed by atoms with Crippen LogP contribution in [0.25, 0.3) is 0 Å². The number of nitrogens with zero attached hydrogens (tertiary/aromatic N) is 4. The Balaban J connectivity index is 1.93. The Morgan fingerprint density at radius 2 is 2.27 bits per heavy atom. The number of amides is 1. The van der Waals surface area contributed by atoms with Gasteiger partial charge in [0.15, 0.2) is 0 Å². The molecule has 0 saturated carbocycles. The van der Waals surface area contributed by atoms with Crippen molar-refractivity contribution in [1.82, 2.24) is 14.9 Å². The highest BCUT2D eigenvalue weighted by molar-refractivity contribution is 5.76. The van der Waals surface area contributed by atoms with E-state index in [1.807, 2.05) is 13.8 Å². The van der Waals surface area contributed by atoms with Gasteiger partial charge in [0.25, 0.3) is 0 Å². The second-order valence-corrected chi connectivity index (χ2v) is 6.25. The zero-order valence-electron chi connectivity index (χ0n) is 13.7. The van der Waals surface area contributed by atoms with Crippen LogP contribution in [-0.2, 0) is 14.3 Å². The Morgan fingerprint density at radius 1 is 1.50 bits per heavy atom. The molecule has 1 saturated heterocycles. The quantitative estimate of drug-likeness (QED) is 0.792. The van der Waals surface area contributed by atoms with Crippen LogP contribution < -0.4 is 4.90 Å². The summed E-state index contributed by atoms with van der Waals surface area (Å²) in [6.45, 7) is 5.91. The first-order valence-electron chi connectivity index (χ1n) is 7.34. The molecule has 1 amide bonds. The predicted octanol–water partition coefficient (Wildman–Crippen LogP) is 0.565. The van der Waals surface area contributed by atoms with Gasteiger partial charge in [0.1, 0.15) is 12.4 Å². The summed E-state index contributed by atoms with van der Waals surface area (Å²) >= 11 is 0. The minimum atomic E-state index is -0.310. The van der Waals surface area contributed by atoms with E-state index in [2.05, 4.69) is 14.9 Å². The van der Waals surface area contributed by atoms with Crippen molar-refractivity contribution < 1.29 is 14.3 Å². The van der Waals surface area contributed by atoms with E-state index in [9.17, 15) is 4.79 Å². The third kappa shape index (κ3) is 4.64. The molecule has 22 heavy (non-hydrogen) atoms. The number of rotatable bonds is 5. The molecule has 0 spiro atoms. The summed E-state index contributed by atoms with van der Waals surface area (Å²) < 4.78 is 11.5. The molecule has 7 nitrogen and oxygen atoms in total. The molecule has 1 aliphatic heterocycles. The fraction of sp³-hybridized carbons (Fsp3) is 0.667. The second-order valence-electron chi connectivity index (χ2n) is 6.25. The first kappa shape index (κ1) is 16.6. The highest BCUT2D eigenvalue weighted by Crippen LogP contribution is 2.24. The number of likely N-dealkylation sites (N-methyl/N-ethyl adjacent to an activating group) is 1. The monoisotopic (exact) mass is 308 g/mol. The lowest BCUT2D eigenvalue weighted by Crippen LogP contribution is -2.54. The molecule has 1 aromatic heterocycles. The normalized spacial score (nSPS) is 20.7. The van der Waals surface area contributed by atoms with Crippen LogP contribution in [-0.4, -0.2) is 72.9 Å². The average Bonchev–Trinajstić information content (AvgIpc) is 2.46. The Bertz CT molecular complexity index is 493. The van der Waals surface area contributed by atoms with E-state index in [1.165, 1.54) is 4.90 Å². The molecule has 1 fully saturated rings. The van der Waals surface area contributed by atoms with Gasteiger partial charge in [-0.05, 0) is 13.8 Å². The standard InChI is InChI=1S/C15H24N4O3/c1-15(2)11-19(13-7-16-5-6-17-13)8-12(22-15)9-21-10-14(20)18(3)4/h5-7,12H,8-11H2,1-4H3/t12-/m1/s1. The fourth-order valence-corrected chi connectivity index (χ4v) is 2.42. The van der Waals surface area contributed by atoms with Crippen LogP contribution in [0.4, 0.5) is 5.82 Å². The fourth-order valence-electron chi connectivity index (χ4n) is 2.42. The zero-order valence-corrected chi connectivity index (χ0v) is 13.7. The van der Waals surface area contributed by atoms with Crippen LogP contribution in [0.2, 0.25) is 0 Å². The molecule has 7 heteroatoms. The predicted molar refractivity (Wildman–Crippen MR) is 82.7 cm³/mol. The zero-order chi connectivity index (χ0) is 16.2. The SMILES string of the molecule is CN(C)C(=O)COC[C@H]1CN(c2cnccn2)CC(C)(C)O1. The van der Waals surface area contributed by atoms with E-state index in [0.29, 0.717) is 13.2 Å². The van der Waals surface area contributed by atoms with Crippen LogP contribution in [0, 0.1) is 0 Å². The van der Waals surface area contributed by atoms with Crippen molar-refractivity contribution in [2.75, 3.05) is 45.3 Å². The number of aromatic nitrogens is 2. The Morgan fingerprint density at radius 3 is 2.91 bits per heavy atom. The number of hydrogen-bond acceptors (Lipinski definition) is 6. The maximum Gasteiger partial charge on any atom is 0.248 e. The summed E-state index contributed by atoms with van der Waals surface area (Å²) in [5, 5.41) is 0. The summed E-state index contributed by atoms with van der Waals surface area (Å²) in [6.07, 6.45) is 4.97. The maximum absolute atomic E-state index is 11.5. The first-order valence-corrected chi connectivity index (χ1v) is 7.34. The maximum atomic E-state index is 11.5. The molecule has 2 rings (SSSR count). The lowest BCUT2D eigenvalue weighted by molar-refractivity contribution is -0.139. The topological polar surface area (TPSA) is 67.8 Å². The molecule has 1 aromatic rings. The van der Waals surface area contributed by atoms with Gasteiger partial charge >= 0.3 is 0 Å². The van der Waals surface area contributed by atoms with Crippen LogP contribution in [0.1, 0.15) is 13.8 Å². The van der Waals surface area contributed by atoms with Crippen LogP contribution >= 0.6 is 0 Å². The summed E-state index contributed by atoms with van der Waals surface area (Å²) in [5.74, 6) is 0.772. The number of carbonyl (C=O) groups excluding carboxylic acids is 1. The van der Waals surface area contributed by atoms with Crippen LogP contribution in [0.5, 0.6) is 0 Å². The van der Waals surface area contributed by atoms with E-state index < -0.39 is 0 Å². The summed E-state index contributed by atoms with van der Waals surface area (Å²) in [5.41, 5.74) is -0.310. The molecular weight excluding hydrogens is 284 g/mol. The van der Waals surface area contributed by atoms with Crippen molar-refractivity contribution >= 4 is 11.7 Å². The van der Waals surface area contributed by atoms with Gasteiger partial charge in [0.05, 0.1) is 24.5 Å². The van der Waals surface area contributed by atoms with E-state index in [1.54, 1.807) is 32.7 Å². The van der Waals surface area contributed by atoms with Crippen LogP contribution in [0.3, 0.4) is 0 Å². The number of carbonyl (C=O) groups is 1. The third-order valence-electron chi connectivity index (χ3n) is 3.38. The first-order chi connectivity index (χ1) is 10.4. The smallest absolute Gasteiger partial charge is 0.248 e. The summed E-state index contributed by atoms with van der Waals surface area (Å²) in [4.78, 5) is 23.6. The number of morpholine rings is 1. The Labute approximate surface area is 131 Å². The van der Waals surface area contributed by atoms with Gasteiger partial charge in [-0.3, -0.25) is 9.78 Å². The molecule has 1 aliphatic rings. The minimum Gasteiger partial charge on any atom is -0.369 e. The highest BCUT2D eigenvalue weighted by atomic mass is 16.5. The number of hydrogen-bond donors (Lipinski definition) is 0. The van der Waals surface area contributed by atoms with Crippen molar-refractivity contribution in [1.29, 1.82) is 0 Å². The van der Waals surface area contributed by atoms with E-state index in [0.717, 1.165) is 12.4 Å². The molecule has 0 N–H and O–H groups in total. The van der Waals surface area contributed by atoms with E-state index in [4.69, 9.17) is 9.47 Å². The van der Waals surface area contributed by atoms with Gasteiger partial charge in [0.2, 0.25) is 5.91 Å². The van der Waals surface area contributed by atoms with Crippen molar-refractivity contribution in [3.05, 3.63) is 18.6 Å². The van der Waals surface area contributed by atoms with Gasteiger partial charge in [-0.25, -0.2) is 4.98 Å². The molecule has 122 valence electrons. The largest absolute Gasteiger partial charge is 0.369 e. The second kappa shape index (κ2) is 7.02. The molecule has 0 radical (unpaired) electrons. The van der Waals surface area contributed by atoms with Gasteiger partial charge in [0, 0.05) is 39.6 Å². The number of ether oxygens (including phenoxy) is 2. The highest BCUT2D eigenvalue weighted by Gasteiger charge is 2.34. The molecule has 0 aliphatic carbocycles. The van der Waals surface area contributed by atoms with Gasteiger partial charge in [-0.1, -0.05) is 0 Å². The molecule has 0 bridgehead atoms. The molecule has 2 heterocycles. The molecule has 1 atom stereocenters. The van der Waals surface area contributed by atoms with Crippen molar-refractivity contribution in [2.45, 2.75) is 25.6 Å². The lowest BCUT2D eigenvalue weighted by atomic mass is 10.1. The van der Waals surface area contributed by atoms with Gasteiger partial charge < -0.3 is 19.3 Å². The van der Waals surface area contributed by atoms with Crippen molar-refractivity contribution in [3.63, 3.8) is 0 Å². The Kier molecular flexibility index (Phi) is 5.31.